The predicted octanol–water partition coefficient (Wildman–Crippen LogP) is 1.88. The smallest absolute Gasteiger partial charge is 0.334 e. The van der Waals surface area contributed by atoms with Crippen LogP contribution in [-0.4, -0.2) is 39.5 Å². The zero-order chi connectivity index (χ0) is 15.4. The Morgan fingerprint density at radius 3 is 2.90 bits per heavy atom. The molecule has 0 radical (unpaired) electrons. The van der Waals surface area contributed by atoms with Gasteiger partial charge in [0.1, 0.15) is 5.69 Å². The van der Waals surface area contributed by atoms with Gasteiger partial charge in [0.25, 0.3) is 0 Å². The summed E-state index contributed by atoms with van der Waals surface area (Å²) >= 11 is 0. The lowest BCUT2D eigenvalue weighted by Crippen LogP contribution is -2.37. The first-order chi connectivity index (χ1) is 10.1. The molecule has 21 heavy (non-hydrogen) atoms. The van der Waals surface area contributed by atoms with E-state index in [1.807, 2.05) is 6.92 Å². The van der Waals surface area contributed by atoms with Gasteiger partial charge in [0.15, 0.2) is 0 Å². The van der Waals surface area contributed by atoms with Crippen LogP contribution in [0.2, 0.25) is 0 Å². The third-order valence-electron chi connectivity index (χ3n) is 4.09. The van der Waals surface area contributed by atoms with E-state index in [2.05, 4.69) is 10.00 Å². The molecule has 0 saturated carbocycles. The minimum Gasteiger partial charge on any atom is -0.396 e. The topological polar surface area (TPSA) is 84.4 Å². The second-order valence-corrected chi connectivity index (χ2v) is 5.72. The highest BCUT2D eigenvalue weighted by molar-refractivity contribution is 5.62. The van der Waals surface area contributed by atoms with Gasteiger partial charge < -0.3 is 10.0 Å². The number of anilines is 1. The summed E-state index contributed by atoms with van der Waals surface area (Å²) in [6, 6.07) is 0. The fraction of sp³-hybridized carbons (Fsp3) is 0.786. The van der Waals surface area contributed by atoms with Crippen LogP contribution in [-0.2, 0) is 13.5 Å². The van der Waals surface area contributed by atoms with Gasteiger partial charge in [-0.05, 0) is 31.6 Å². The molecule has 0 amide bonds. The van der Waals surface area contributed by atoms with E-state index < -0.39 is 0 Å². The lowest BCUT2D eigenvalue weighted by molar-refractivity contribution is -0.384. The molecule has 0 aromatic carbocycles. The van der Waals surface area contributed by atoms with E-state index in [0.29, 0.717) is 23.9 Å². The highest BCUT2D eigenvalue weighted by atomic mass is 16.6. The first kappa shape index (κ1) is 15.8. The van der Waals surface area contributed by atoms with Gasteiger partial charge in [0.05, 0.1) is 4.92 Å². The van der Waals surface area contributed by atoms with Crippen molar-refractivity contribution in [2.45, 2.75) is 39.0 Å². The normalized spacial score (nSPS) is 19.0. The van der Waals surface area contributed by atoms with Crippen LogP contribution in [0.4, 0.5) is 11.5 Å². The molecule has 1 aliphatic rings. The molecular weight excluding hydrogens is 272 g/mol. The van der Waals surface area contributed by atoms with Crippen LogP contribution >= 0.6 is 0 Å². The lowest BCUT2D eigenvalue weighted by atomic mass is 9.95. The van der Waals surface area contributed by atoms with Gasteiger partial charge in [-0.3, -0.25) is 10.1 Å². The Balaban J connectivity index is 2.31. The molecule has 0 bridgehead atoms. The highest BCUT2D eigenvalue weighted by Gasteiger charge is 2.32. The molecule has 7 heteroatoms. The van der Waals surface area contributed by atoms with E-state index in [1.54, 1.807) is 11.7 Å². The van der Waals surface area contributed by atoms with Gasteiger partial charge in [-0.15, -0.1) is 0 Å². The summed E-state index contributed by atoms with van der Waals surface area (Å²) in [6.07, 6.45) is 4.28. The Hall–Kier alpha value is -1.63. The van der Waals surface area contributed by atoms with Crippen molar-refractivity contribution in [3.05, 3.63) is 15.8 Å². The number of rotatable bonds is 6. The zero-order valence-corrected chi connectivity index (χ0v) is 12.8. The molecule has 7 nitrogen and oxygen atoms in total. The quantitative estimate of drug-likeness (QED) is 0.640. The van der Waals surface area contributed by atoms with Gasteiger partial charge in [0, 0.05) is 26.7 Å². The molecule has 1 aromatic heterocycles. The molecule has 1 aromatic rings. The average Bonchev–Trinajstić information content (AvgIpc) is 2.76. The van der Waals surface area contributed by atoms with E-state index in [0.717, 1.165) is 38.8 Å². The molecule has 1 unspecified atom stereocenters. The summed E-state index contributed by atoms with van der Waals surface area (Å²) in [4.78, 5) is 13.2. The molecule has 2 heterocycles. The van der Waals surface area contributed by atoms with Gasteiger partial charge >= 0.3 is 5.69 Å². The van der Waals surface area contributed by atoms with Crippen molar-refractivity contribution in [3.8, 4) is 0 Å². The number of aliphatic hydroxyl groups excluding tert-OH is 1. The minimum absolute atomic E-state index is 0.156. The Morgan fingerprint density at radius 2 is 2.29 bits per heavy atom. The predicted molar refractivity (Wildman–Crippen MR) is 80.5 cm³/mol. The largest absolute Gasteiger partial charge is 0.396 e. The maximum atomic E-state index is 11.5. The van der Waals surface area contributed by atoms with Crippen molar-refractivity contribution in [1.29, 1.82) is 0 Å². The second-order valence-electron chi connectivity index (χ2n) is 5.72. The minimum atomic E-state index is -0.303. The molecule has 1 atom stereocenters. The van der Waals surface area contributed by atoms with Crippen molar-refractivity contribution in [3.63, 3.8) is 0 Å². The van der Waals surface area contributed by atoms with Crippen LogP contribution in [0.5, 0.6) is 0 Å². The summed E-state index contributed by atoms with van der Waals surface area (Å²) in [7, 11) is 1.77. The van der Waals surface area contributed by atoms with E-state index in [1.165, 1.54) is 0 Å². The first-order valence-corrected chi connectivity index (χ1v) is 7.64. The molecule has 1 N–H and O–H groups in total. The van der Waals surface area contributed by atoms with Gasteiger partial charge in [-0.1, -0.05) is 13.3 Å². The van der Waals surface area contributed by atoms with E-state index in [4.69, 9.17) is 5.11 Å². The first-order valence-electron chi connectivity index (χ1n) is 7.64. The van der Waals surface area contributed by atoms with Crippen LogP contribution < -0.4 is 4.90 Å². The van der Waals surface area contributed by atoms with Crippen molar-refractivity contribution < 1.29 is 10.0 Å². The van der Waals surface area contributed by atoms with Crippen LogP contribution in [0.1, 0.15) is 38.3 Å². The number of aryl methyl sites for hydroxylation is 2. The summed E-state index contributed by atoms with van der Waals surface area (Å²) < 4.78 is 1.64. The van der Waals surface area contributed by atoms with Crippen LogP contribution in [0.3, 0.4) is 0 Å². The molecule has 0 aliphatic carbocycles. The molecule has 1 saturated heterocycles. The summed E-state index contributed by atoms with van der Waals surface area (Å²) in [5, 5.41) is 24.9. The van der Waals surface area contributed by atoms with Crippen LogP contribution in [0, 0.1) is 16.0 Å². The fourth-order valence-corrected chi connectivity index (χ4v) is 3.18. The molecule has 2 rings (SSSR count). The zero-order valence-electron chi connectivity index (χ0n) is 12.8. The van der Waals surface area contributed by atoms with E-state index in [9.17, 15) is 10.1 Å². The van der Waals surface area contributed by atoms with E-state index >= 15 is 0 Å². The van der Waals surface area contributed by atoms with Gasteiger partial charge in [0.2, 0.25) is 5.82 Å². The second kappa shape index (κ2) is 6.89. The Labute approximate surface area is 124 Å². The van der Waals surface area contributed by atoms with Crippen molar-refractivity contribution >= 4 is 11.5 Å². The van der Waals surface area contributed by atoms with Crippen LogP contribution in [0.15, 0.2) is 0 Å². The Morgan fingerprint density at radius 1 is 1.52 bits per heavy atom. The van der Waals surface area contributed by atoms with Gasteiger partial charge in [-0.2, -0.15) is 5.10 Å². The summed E-state index contributed by atoms with van der Waals surface area (Å²) in [5.74, 6) is 1.01. The summed E-state index contributed by atoms with van der Waals surface area (Å²) in [6.45, 7) is 3.74. The van der Waals surface area contributed by atoms with Crippen molar-refractivity contribution in [2.24, 2.45) is 13.0 Å². The van der Waals surface area contributed by atoms with E-state index in [-0.39, 0.29) is 17.2 Å². The van der Waals surface area contributed by atoms with Crippen molar-refractivity contribution in [2.75, 3.05) is 24.6 Å². The highest BCUT2D eigenvalue weighted by Crippen LogP contribution is 2.35. The number of nitrogens with zero attached hydrogens (tertiary/aromatic N) is 4. The molecule has 0 spiro atoms. The fourth-order valence-electron chi connectivity index (χ4n) is 3.18. The number of aliphatic hydroxyl groups is 1. The maximum absolute atomic E-state index is 11.5. The monoisotopic (exact) mass is 296 g/mol. The third-order valence-corrected chi connectivity index (χ3v) is 4.09. The number of aromatic nitrogens is 2. The molecule has 1 aliphatic heterocycles. The molecule has 118 valence electrons. The number of hydrogen-bond donors (Lipinski definition) is 1. The lowest BCUT2D eigenvalue weighted by Gasteiger charge is -2.33. The summed E-state index contributed by atoms with van der Waals surface area (Å²) in [5.41, 5.74) is 0.730. The standard InChI is InChI=1S/C14H24N4O3/c1-3-5-12-13(18(20)21)14(16(2)15-12)17-8-4-6-11(10-17)7-9-19/h11,19H,3-10H2,1-2H3. The number of piperidine rings is 1. The number of nitro groups is 1. The SMILES string of the molecule is CCCc1nn(C)c(N2CCCC(CCO)C2)c1[N+](=O)[O-]. The average molecular weight is 296 g/mol. The molecule has 1 fully saturated rings. The number of hydrogen-bond acceptors (Lipinski definition) is 5. The maximum Gasteiger partial charge on any atom is 0.334 e. The van der Waals surface area contributed by atoms with Crippen molar-refractivity contribution in [1.82, 2.24) is 9.78 Å². The van der Waals surface area contributed by atoms with Crippen LogP contribution in [0.25, 0.3) is 0 Å². The van der Waals surface area contributed by atoms with Gasteiger partial charge in [-0.25, -0.2) is 4.68 Å². The Kier molecular flexibility index (Phi) is 5.17. The Bertz CT molecular complexity index is 499. The third kappa shape index (κ3) is 3.34. The molecular formula is C14H24N4O3.